The molecule has 0 aliphatic heterocycles. The van der Waals surface area contributed by atoms with E-state index in [-0.39, 0.29) is 0 Å². The Balaban J connectivity index is 1.79. The van der Waals surface area contributed by atoms with Crippen LogP contribution in [-0.2, 0) is 6.54 Å². The van der Waals surface area contributed by atoms with E-state index in [1.807, 2.05) is 59.4 Å². The third-order valence-corrected chi connectivity index (χ3v) is 3.35. The van der Waals surface area contributed by atoms with Crippen LogP contribution in [0.4, 0.5) is 5.82 Å². The first-order chi connectivity index (χ1) is 10.8. The average Bonchev–Trinajstić information content (AvgIpc) is 3.04. The smallest absolute Gasteiger partial charge is 0.146 e. The monoisotopic (exact) mass is 289 g/mol. The lowest BCUT2D eigenvalue weighted by atomic mass is 10.2. The molecule has 2 aromatic heterocycles. The fourth-order valence-electron chi connectivity index (χ4n) is 2.30. The number of hydrogen-bond acceptors (Lipinski definition) is 4. The molecule has 0 unspecified atom stereocenters. The maximum atomic E-state index is 9.15. The fraction of sp³-hybridized carbons (Fsp3) is 0.118. The molecule has 0 atom stereocenters. The van der Waals surface area contributed by atoms with Crippen LogP contribution in [0.25, 0.3) is 5.69 Å². The highest BCUT2D eigenvalue weighted by Crippen LogP contribution is 2.17. The summed E-state index contributed by atoms with van der Waals surface area (Å²) in [5.41, 5.74) is 2.65. The molecule has 0 fully saturated rings. The lowest BCUT2D eigenvalue weighted by molar-refractivity contribution is 0.874. The van der Waals surface area contributed by atoms with Crippen molar-refractivity contribution in [2.24, 2.45) is 0 Å². The summed E-state index contributed by atoms with van der Waals surface area (Å²) < 4.78 is 1.84. The number of rotatable bonds is 4. The van der Waals surface area contributed by atoms with E-state index >= 15 is 0 Å². The highest BCUT2D eigenvalue weighted by atomic mass is 15.3. The first kappa shape index (κ1) is 13.8. The maximum absolute atomic E-state index is 9.15. The summed E-state index contributed by atoms with van der Waals surface area (Å²) in [4.78, 5) is 6.24. The van der Waals surface area contributed by atoms with Gasteiger partial charge in [-0.3, -0.25) is 0 Å². The van der Waals surface area contributed by atoms with Crippen molar-refractivity contribution in [2.45, 2.75) is 6.54 Å². The van der Waals surface area contributed by atoms with Crippen molar-refractivity contribution in [3.8, 4) is 11.8 Å². The molecule has 0 radical (unpaired) electrons. The van der Waals surface area contributed by atoms with Crippen LogP contribution in [0.5, 0.6) is 0 Å². The summed E-state index contributed by atoms with van der Waals surface area (Å²) in [5, 5.41) is 13.5. The quantitative estimate of drug-likeness (QED) is 0.741. The second-order valence-corrected chi connectivity index (χ2v) is 4.97. The topological polar surface area (TPSA) is 57.7 Å². The normalized spacial score (nSPS) is 10.2. The van der Waals surface area contributed by atoms with Crippen LogP contribution in [-0.4, -0.2) is 21.8 Å². The van der Waals surface area contributed by atoms with Gasteiger partial charge in [-0.25, -0.2) is 9.67 Å². The van der Waals surface area contributed by atoms with E-state index < -0.39 is 0 Å². The van der Waals surface area contributed by atoms with Gasteiger partial charge < -0.3 is 4.90 Å². The Morgan fingerprint density at radius 3 is 2.77 bits per heavy atom. The number of nitriles is 1. The average molecular weight is 289 g/mol. The van der Waals surface area contributed by atoms with Gasteiger partial charge in [0.1, 0.15) is 11.9 Å². The van der Waals surface area contributed by atoms with Crippen LogP contribution in [0.2, 0.25) is 0 Å². The number of pyridine rings is 1. The first-order valence-corrected chi connectivity index (χ1v) is 6.93. The molecule has 5 nitrogen and oxygen atoms in total. The predicted octanol–water partition coefficient (Wildman–Crippen LogP) is 2.78. The van der Waals surface area contributed by atoms with Gasteiger partial charge in [0.25, 0.3) is 0 Å². The SMILES string of the molecule is CN(Cc1cnn(-c2ccccc2)c1)c1ncccc1C#N. The van der Waals surface area contributed by atoms with E-state index in [0.29, 0.717) is 17.9 Å². The number of para-hydroxylation sites is 1. The van der Waals surface area contributed by atoms with E-state index in [1.54, 1.807) is 18.3 Å². The molecule has 0 saturated carbocycles. The zero-order valence-electron chi connectivity index (χ0n) is 12.2. The van der Waals surface area contributed by atoms with Gasteiger partial charge in [-0.2, -0.15) is 10.4 Å². The molecular formula is C17H15N5. The fourth-order valence-corrected chi connectivity index (χ4v) is 2.30. The van der Waals surface area contributed by atoms with Gasteiger partial charge in [0.15, 0.2) is 0 Å². The molecule has 0 saturated heterocycles. The highest BCUT2D eigenvalue weighted by Gasteiger charge is 2.10. The number of anilines is 1. The Morgan fingerprint density at radius 1 is 1.18 bits per heavy atom. The van der Waals surface area contributed by atoms with E-state index in [9.17, 15) is 0 Å². The molecule has 0 bridgehead atoms. The van der Waals surface area contributed by atoms with Crippen molar-refractivity contribution in [1.29, 1.82) is 5.26 Å². The molecule has 22 heavy (non-hydrogen) atoms. The maximum Gasteiger partial charge on any atom is 0.146 e. The third kappa shape index (κ3) is 2.81. The van der Waals surface area contributed by atoms with Crippen molar-refractivity contribution in [1.82, 2.24) is 14.8 Å². The van der Waals surface area contributed by atoms with Gasteiger partial charge in [-0.15, -0.1) is 0 Å². The zero-order chi connectivity index (χ0) is 15.4. The Morgan fingerprint density at radius 2 is 2.00 bits per heavy atom. The second-order valence-electron chi connectivity index (χ2n) is 4.97. The molecule has 1 aromatic carbocycles. The number of benzene rings is 1. The van der Waals surface area contributed by atoms with Crippen molar-refractivity contribution in [3.05, 3.63) is 72.2 Å². The molecule has 2 heterocycles. The molecule has 0 spiro atoms. The van der Waals surface area contributed by atoms with E-state index in [1.165, 1.54) is 0 Å². The minimum atomic E-state index is 0.570. The number of hydrogen-bond donors (Lipinski definition) is 0. The van der Waals surface area contributed by atoms with Gasteiger partial charge in [0.2, 0.25) is 0 Å². The van der Waals surface area contributed by atoms with Crippen LogP contribution >= 0.6 is 0 Å². The van der Waals surface area contributed by atoms with E-state index in [2.05, 4.69) is 16.2 Å². The van der Waals surface area contributed by atoms with Crippen molar-refractivity contribution in [3.63, 3.8) is 0 Å². The molecule has 0 N–H and O–H groups in total. The summed E-state index contributed by atoms with van der Waals surface area (Å²) in [6.45, 7) is 0.637. The molecule has 0 aliphatic rings. The Bertz CT molecular complexity index is 801. The summed E-state index contributed by atoms with van der Waals surface area (Å²) in [6.07, 6.45) is 5.51. The molecule has 3 aromatic rings. The van der Waals surface area contributed by atoms with Gasteiger partial charge >= 0.3 is 0 Å². The van der Waals surface area contributed by atoms with Crippen LogP contribution in [0.3, 0.4) is 0 Å². The van der Waals surface area contributed by atoms with Crippen molar-refractivity contribution >= 4 is 5.82 Å². The first-order valence-electron chi connectivity index (χ1n) is 6.93. The standard InChI is InChI=1S/C17H15N5/c1-21(17-15(10-18)6-5-9-19-17)12-14-11-20-22(13-14)16-7-3-2-4-8-16/h2-9,11,13H,12H2,1H3. The molecule has 0 amide bonds. The Hall–Kier alpha value is -3.13. The summed E-state index contributed by atoms with van der Waals surface area (Å²) in [7, 11) is 1.92. The predicted molar refractivity (Wildman–Crippen MR) is 84.6 cm³/mol. The molecule has 108 valence electrons. The number of aromatic nitrogens is 3. The Labute approximate surface area is 129 Å². The minimum absolute atomic E-state index is 0.570. The van der Waals surface area contributed by atoms with Gasteiger partial charge in [-0.05, 0) is 24.3 Å². The second kappa shape index (κ2) is 6.10. The molecule has 3 rings (SSSR count). The van der Waals surface area contributed by atoms with Gasteiger partial charge in [0.05, 0.1) is 17.4 Å². The summed E-state index contributed by atoms with van der Waals surface area (Å²) in [5.74, 6) is 0.678. The molecule has 0 aliphatic carbocycles. The van der Waals surface area contributed by atoms with E-state index in [0.717, 1.165) is 11.3 Å². The van der Waals surface area contributed by atoms with Crippen LogP contribution < -0.4 is 4.90 Å². The van der Waals surface area contributed by atoms with Crippen molar-refractivity contribution in [2.75, 3.05) is 11.9 Å². The minimum Gasteiger partial charge on any atom is -0.354 e. The van der Waals surface area contributed by atoms with Crippen LogP contribution in [0, 0.1) is 11.3 Å². The lowest BCUT2D eigenvalue weighted by Gasteiger charge is -2.17. The van der Waals surface area contributed by atoms with Crippen molar-refractivity contribution < 1.29 is 0 Å². The van der Waals surface area contributed by atoms with E-state index in [4.69, 9.17) is 5.26 Å². The number of nitrogens with zero attached hydrogens (tertiary/aromatic N) is 5. The highest BCUT2D eigenvalue weighted by molar-refractivity contribution is 5.53. The lowest BCUT2D eigenvalue weighted by Crippen LogP contribution is -2.18. The summed E-state index contributed by atoms with van der Waals surface area (Å²) in [6, 6.07) is 15.7. The molecule has 5 heteroatoms. The third-order valence-electron chi connectivity index (χ3n) is 3.35. The summed E-state index contributed by atoms with van der Waals surface area (Å²) >= 11 is 0. The van der Waals surface area contributed by atoms with Crippen LogP contribution in [0.15, 0.2) is 61.1 Å². The van der Waals surface area contributed by atoms with Gasteiger partial charge in [0, 0.05) is 31.5 Å². The van der Waals surface area contributed by atoms with Crippen LogP contribution in [0.1, 0.15) is 11.1 Å². The largest absolute Gasteiger partial charge is 0.354 e. The van der Waals surface area contributed by atoms with Gasteiger partial charge in [-0.1, -0.05) is 18.2 Å². The molecular weight excluding hydrogens is 274 g/mol. The zero-order valence-corrected chi connectivity index (χ0v) is 12.2. The Kier molecular flexibility index (Phi) is 3.84.